The maximum atomic E-state index is 13.3. The molecule has 1 aliphatic heterocycles. The summed E-state index contributed by atoms with van der Waals surface area (Å²) in [4.78, 5) is 17.1. The first-order valence-electron chi connectivity index (χ1n) is 9.49. The molecule has 3 aromatic carbocycles. The second-order valence-corrected chi connectivity index (χ2v) is 8.36. The summed E-state index contributed by atoms with van der Waals surface area (Å²) in [6, 6.07) is 19.9. The molecule has 0 atom stereocenters. The lowest BCUT2D eigenvalue weighted by molar-refractivity contribution is -0.115. The van der Waals surface area contributed by atoms with Crippen LogP contribution in [0.5, 0.6) is 5.75 Å². The van der Waals surface area contributed by atoms with Gasteiger partial charge in [-0.25, -0.2) is 9.38 Å². The molecular weight excluding hydrogens is 435 g/mol. The Morgan fingerprint density at radius 2 is 1.84 bits per heavy atom. The fourth-order valence-corrected chi connectivity index (χ4v) is 3.83. The van der Waals surface area contributed by atoms with Gasteiger partial charge in [0.05, 0.1) is 15.6 Å². The molecule has 156 valence electrons. The molecular formula is C24H18ClFN2O2S. The van der Waals surface area contributed by atoms with Gasteiger partial charge >= 0.3 is 0 Å². The molecule has 0 bridgehead atoms. The lowest BCUT2D eigenvalue weighted by atomic mass is 10.1. The Morgan fingerprint density at radius 1 is 1.10 bits per heavy atom. The Labute approximate surface area is 188 Å². The van der Waals surface area contributed by atoms with Crippen LogP contribution in [0, 0.1) is 12.7 Å². The number of halogens is 2. The average Bonchev–Trinajstić information content (AvgIpc) is 3.10. The van der Waals surface area contributed by atoms with Crippen LogP contribution in [0.4, 0.5) is 10.1 Å². The van der Waals surface area contributed by atoms with Gasteiger partial charge in [-0.2, -0.15) is 0 Å². The first-order chi connectivity index (χ1) is 15.0. The predicted molar refractivity (Wildman–Crippen MR) is 124 cm³/mol. The van der Waals surface area contributed by atoms with E-state index in [4.69, 9.17) is 16.3 Å². The van der Waals surface area contributed by atoms with Gasteiger partial charge in [-0.1, -0.05) is 53.6 Å². The molecule has 4 nitrogen and oxygen atoms in total. The van der Waals surface area contributed by atoms with Crippen LogP contribution in [-0.4, -0.2) is 11.1 Å². The number of thioether (sulfide) groups is 1. The highest BCUT2D eigenvalue weighted by Gasteiger charge is 2.23. The number of hydrogen-bond donors (Lipinski definition) is 1. The average molecular weight is 453 g/mol. The van der Waals surface area contributed by atoms with Crippen molar-refractivity contribution in [3.8, 4) is 5.75 Å². The van der Waals surface area contributed by atoms with Crippen LogP contribution in [0.25, 0.3) is 6.08 Å². The molecule has 0 aromatic heterocycles. The molecule has 0 spiro atoms. The van der Waals surface area contributed by atoms with E-state index in [-0.39, 0.29) is 10.9 Å². The number of aliphatic imine (C=N–C) groups is 1. The molecule has 4 rings (SSSR count). The van der Waals surface area contributed by atoms with E-state index in [0.717, 1.165) is 16.9 Å². The molecule has 7 heteroatoms. The van der Waals surface area contributed by atoms with Gasteiger partial charge in [-0.15, -0.1) is 0 Å². The highest BCUT2D eigenvalue weighted by Crippen LogP contribution is 2.29. The quantitative estimate of drug-likeness (QED) is 0.465. The van der Waals surface area contributed by atoms with Crippen molar-refractivity contribution in [2.45, 2.75) is 13.5 Å². The Kier molecular flexibility index (Phi) is 6.39. The van der Waals surface area contributed by atoms with Crippen molar-refractivity contribution in [1.29, 1.82) is 0 Å². The highest BCUT2D eigenvalue weighted by molar-refractivity contribution is 8.18. The maximum Gasteiger partial charge on any atom is 0.264 e. The van der Waals surface area contributed by atoms with Gasteiger partial charge in [-0.05, 0) is 66.2 Å². The van der Waals surface area contributed by atoms with Crippen LogP contribution in [0.1, 0.15) is 16.7 Å². The molecule has 31 heavy (non-hydrogen) atoms. The molecule has 0 saturated carbocycles. The van der Waals surface area contributed by atoms with Crippen LogP contribution in [0.3, 0.4) is 0 Å². The van der Waals surface area contributed by atoms with Crippen molar-refractivity contribution in [2.24, 2.45) is 4.99 Å². The van der Waals surface area contributed by atoms with Crippen molar-refractivity contribution in [3.05, 3.63) is 99.2 Å². The van der Waals surface area contributed by atoms with E-state index in [0.29, 0.717) is 22.4 Å². The van der Waals surface area contributed by atoms with Gasteiger partial charge in [0.15, 0.2) is 5.17 Å². The number of rotatable bonds is 5. The highest BCUT2D eigenvalue weighted by atomic mass is 35.5. The Morgan fingerprint density at radius 3 is 2.55 bits per heavy atom. The van der Waals surface area contributed by atoms with Crippen molar-refractivity contribution in [2.75, 3.05) is 0 Å². The summed E-state index contributed by atoms with van der Waals surface area (Å²) in [7, 11) is 0. The summed E-state index contributed by atoms with van der Waals surface area (Å²) < 4.78 is 19.1. The first kappa shape index (κ1) is 21.2. The monoisotopic (exact) mass is 452 g/mol. The topological polar surface area (TPSA) is 50.7 Å². The first-order valence-corrected chi connectivity index (χ1v) is 10.7. The van der Waals surface area contributed by atoms with Gasteiger partial charge in [0.25, 0.3) is 5.91 Å². The van der Waals surface area contributed by atoms with E-state index >= 15 is 0 Å². The third kappa shape index (κ3) is 5.54. The molecule has 3 aromatic rings. The molecule has 1 N–H and O–H groups in total. The number of carbonyl (C=O) groups is 1. The van der Waals surface area contributed by atoms with Crippen LogP contribution < -0.4 is 10.1 Å². The summed E-state index contributed by atoms with van der Waals surface area (Å²) in [6.45, 7) is 2.54. The van der Waals surface area contributed by atoms with Crippen LogP contribution in [0.2, 0.25) is 5.02 Å². The number of hydrogen-bond acceptors (Lipinski definition) is 4. The van der Waals surface area contributed by atoms with Gasteiger partial charge in [0.2, 0.25) is 0 Å². The summed E-state index contributed by atoms with van der Waals surface area (Å²) in [5.41, 5.74) is 3.65. The summed E-state index contributed by atoms with van der Waals surface area (Å²) in [6.07, 6.45) is 1.78. The number of nitrogens with one attached hydrogen (secondary N) is 1. The number of carbonyl (C=O) groups excluding carboxylic acids is 1. The van der Waals surface area contributed by atoms with Crippen molar-refractivity contribution < 1.29 is 13.9 Å². The minimum atomic E-state index is -0.513. The summed E-state index contributed by atoms with van der Waals surface area (Å²) >= 11 is 6.99. The number of ether oxygens (including phenoxy) is 1. The third-order valence-electron chi connectivity index (χ3n) is 4.49. The third-order valence-corrected chi connectivity index (χ3v) is 5.69. The number of amidine groups is 1. The van der Waals surface area contributed by atoms with E-state index in [9.17, 15) is 9.18 Å². The van der Waals surface area contributed by atoms with Gasteiger partial charge in [0.1, 0.15) is 18.2 Å². The van der Waals surface area contributed by atoms with Gasteiger partial charge < -0.3 is 10.1 Å². The van der Waals surface area contributed by atoms with E-state index in [1.807, 2.05) is 43.3 Å². The summed E-state index contributed by atoms with van der Waals surface area (Å²) in [5.74, 6) is -0.000970. The predicted octanol–water partition coefficient (Wildman–Crippen LogP) is 6.26. The van der Waals surface area contributed by atoms with Crippen LogP contribution in [0.15, 0.2) is 76.6 Å². The van der Waals surface area contributed by atoms with Gasteiger partial charge in [-0.3, -0.25) is 4.79 Å². The minimum absolute atomic E-state index is 0.0170. The minimum Gasteiger partial charge on any atom is -0.489 e. The zero-order chi connectivity index (χ0) is 21.8. The second-order valence-electron chi connectivity index (χ2n) is 6.92. The standard InChI is InChI=1S/C24H18ClFN2O2S/c1-15-2-4-17(5-3-15)14-30-19-9-6-16(7-10-19)12-22-23(29)28-24(31-22)27-18-8-11-21(26)20(25)13-18/h2-13H,14H2,1H3,(H,27,28,29)/b22-12-. The van der Waals surface area contributed by atoms with E-state index in [1.54, 1.807) is 6.08 Å². The Hall–Kier alpha value is -3.09. The molecule has 1 amide bonds. The summed E-state index contributed by atoms with van der Waals surface area (Å²) in [5, 5.41) is 3.10. The normalized spacial score (nSPS) is 16.0. The smallest absolute Gasteiger partial charge is 0.264 e. The largest absolute Gasteiger partial charge is 0.489 e. The SMILES string of the molecule is Cc1ccc(COc2ccc(/C=C3\SC(=Nc4ccc(F)c(Cl)c4)NC3=O)cc2)cc1. The lowest BCUT2D eigenvalue weighted by Crippen LogP contribution is -2.19. The second kappa shape index (κ2) is 9.37. The molecule has 0 unspecified atom stereocenters. The van der Waals surface area contributed by atoms with E-state index < -0.39 is 5.82 Å². The number of nitrogens with zero attached hydrogens (tertiary/aromatic N) is 1. The lowest BCUT2D eigenvalue weighted by Gasteiger charge is -2.07. The molecule has 1 aliphatic rings. The van der Waals surface area contributed by atoms with Crippen molar-refractivity contribution >= 4 is 46.2 Å². The van der Waals surface area contributed by atoms with Crippen molar-refractivity contribution in [3.63, 3.8) is 0 Å². The number of benzene rings is 3. The molecule has 1 fully saturated rings. The van der Waals surface area contributed by atoms with E-state index in [2.05, 4.69) is 22.4 Å². The maximum absolute atomic E-state index is 13.3. The van der Waals surface area contributed by atoms with E-state index in [1.165, 1.54) is 35.5 Å². The molecule has 1 saturated heterocycles. The van der Waals surface area contributed by atoms with Crippen molar-refractivity contribution in [1.82, 2.24) is 5.32 Å². The molecule has 1 heterocycles. The van der Waals surface area contributed by atoms with Crippen LogP contribution >= 0.6 is 23.4 Å². The van der Waals surface area contributed by atoms with Crippen LogP contribution in [-0.2, 0) is 11.4 Å². The zero-order valence-corrected chi connectivity index (χ0v) is 18.1. The zero-order valence-electron chi connectivity index (χ0n) is 16.6. The fourth-order valence-electron chi connectivity index (χ4n) is 2.81. The Balaban J connectivity index is 1.41. The number of amides is 1. The fraction of sp³-hybridized carbons (Fsp3) is 0.0833. The molecule has 0 aliphatic carbocycles. The Bertz CT molecular complexity index is 1180. The molecule has 0 radical (unpaired) electrons. The number of aryl methyl sites for hydroxylation is 1. The van der Waals surface area contributed by atoms with Gasteiger partial charge in [0, 0.05) is 0 Å².